The predicted molar refractivity (Wildman–Crippen MR) is 161 cm³/mol. The maximum Gasteiger partial charge on any atom is 0.335 e. The second kappa shape index (κ2) is 11.3. The van der Waals surface area contributed by atoms with Gasteiger partial charge in [0.05, 0.1) is 5.69 Å². The van der Waals surface area contributed by atoms with Crippen LogP contribution >= 0.6 is 23.2 Å². The molecule has 9 heteroatoms. The number of barbiturate groups is 1. The third-order valence-corrected chi connectivity index (χ3v) is 7.43. The van der Waals surface area contributed by atoms with Gasteiger partial charge in [-0.25, -0.2) is 9.69 Å². The maximum absolute atomic E-state index is 13.4. The van der Waals surface area contributed by atoms with E-state index in [9.17, 15) is 14.4 Å². The standard InChI is InChI=1S/C32H27Cl2N3O4/c1-18-11-19(2)13-26(12-18)37-31(39)28(30(38)35-32(37)40)15-23-14-20(3)36(21(23)4)25-7-9-27(10-8-25)41-17-22-5-6-24(33)16-29(22)34/h5-16H,17H2,1-4H3,(H,35,38,40)/b28-15+. The smallest absolute Gasteiger partial charge is 0.335 e. The number of aryl methyl sites for hydroxylation is 3. The molecule has 1 saturated heterocycles. The summed E-state index contributed by atoms with van der Waals surface area (Å²) in [6.07, 6.45) is 1.53. The molecule has 5 rings (SSSR count). The quantitative estimate of drug-likeness (QED) is 0.190. The molecule has 2 heterocycles. The number of anilines is 1. The Labute approximate surface area is 247 Å². The van der Waals surface area contributed by atoms with E-state index in [1.54, 1.807) is 24.3 Å². The number of hydrogen-bond acceptors (Lipinski definition) is 4. The number of rotatable bonds is 6. The molecule has 0 radical (unpaired) electrons. The van der Waals surface area contributed by atoms with Crippen molar-refractivity contribution in [2.45, 2.75) is 34.3 Å². The highest BCUT2D eigenvalue weighted by Gasteiger charge is 2.37. The van der Waals surface area contributed by atoms with Crippen molar-refractivity contribution in [3.05, 3.63) is 116 Å². The lowest BCUT2D eigenvalue weighted by atomic mass is 10.1. The van der Waals surface area contributed by atoms with Crippen LogP contribution < -0.4 is 15.0 Å². The predicted octanol–water partition coefficient (Wildman–Crippen LogP) is 7.26. The van der Waals surface area contributed by atoms with E-state index < -0.39 is 17.8 Å². The van der Waals surface area contributed by atoms with Gasteiger partial charge in [-0.2, -0.15) is 0 Å². The highest BCUT2D eigenvalue weighted by atomic mass is 35.5. The largest absolute Gasteiger partial charge is 0.489 e. The van der Waals surface area contributed by atoms with Gasteiger partial charge < -0.3 is 9.30 Å². The molecule has 0 spiro atoms. The van der Waals surface area contributed by atoms with Gasteiger partial charge in [-0.1, -0.05) is 35.3 Å². The summed E-state index contributed by atoms with van der Waals surface area (Å²) < 4.78 is 7.92. The summed E-state index contributed by atoms with van der Waals surface area (Å²) >= 11 is 12.2. The molecular formula is C32H27Cl2N3O4. The first kappa shape index (κ1) is 28.2. The van der Waals surface area contributed by atoms with Crippen LogP contribution in [0.15, 0.2) is 72.3 Å². The molecule has 4 aromatic rings. The molecule has 41 heavy (non-hydrogen) atoms. The van der Waals surface area contributed by atoms with E-state index in [0.29, 0.717) is 33.7 Å². The third-order valence-electron chi connectivity index (χ3n) is 6.84. The SMILES string of the molecule is Cc1cc(C)cc(N2C(=O)NC(=O)/C(=C\c3cc(C)n(-c4ccc(OCc5ccc(Cl)cc5Cl)cc4)c3C)C2=O)c1. The van der Waals surface area contributed by atoms with Crippen LogP contribution in [0, 0.1) is 27.7 Å². The van der Waals surface area contributed by atoms with E-state index in [1.807, 2.05) is 74.7 Å². The summed E-state index contributed by atoms with van der Waals surface area (Å²) in [7, 11) is 0. The number of imide groups is 2. The summed E-state index contributed by atoms with van der Waals surface area (Å²) in [5.41, 5.74) is 6.22. The summed E-state index contributed by atoms with van der Waals surface area (Å²) in [4.78, 5) is 39.8. The first-order valence-electron chi connectivity index (χ1n) is 12.9. The normalized spacial score (nSPS) is 14.5. The van der Waals surface area contributed by atoms with Gasteiger partial charge in [-0.3, -0.25) is 14.9 Å². The molecule has 0 aliphatic carbocycles. The Morgan fingerprint density at radius 2 is 1.51 bits per heavy atom. The summed E-state index contributed by atoms with van der Waals surface area (Å²) in [6.45, 7) is 7.91. The minimum Gasteiger partial charge on any atom is -0.489 e. The van der Waals surface area contributed by atoms with E-state index in [4.69, 9.17) is 27.9 Å². The van der Waals surface area contributed by atoms with Crippen LogP contribution in [-0.4, -0.2) is 22.4 Å². The van der Waals surface area contributed by atoms with Crippen LogP contribution in [0.3, 0.4) is 0 Å². The lowest BCUT2D eigenvalue weighted by Crippen LogP contribution is -2.54. The number of urea groups is 1. The first-order valence-corrected chi connectivity index (χ1v) is 13.6. The van der Waals surface area contributed by atoms with Gasteiger partial charge >= 0.3 is 6.03 Å². The van der Waals surface area contributed by atoms with Gasteiger partial charge in [0, 0.05) is 32.7 Å². The Hall–Kier alpha value is -4.33. The second-order valence-electron chi connectivity index (χ2n) is 9.98. The van der Waals surface area contributed by atoms with Gasteiger partial charge in [0.2, 0.25) is 0 Å². The molecule has 1 N–H and O–H groups in total. The second-order valence-corrected chi connectivity index (χ2v) is 10.8. The zero-order valence-corrected chi connectivity index (χ0v) is 24.4. The van der Waals surface area contributed by atoms with Crippen molar-refractivity contribution in [1.82, 2.24) is 9.88 Å². The minimum atomic E-state index is -0.770. The van der Waals surface area contributed by atoms with Crippen LogP contribution in [0.4, 0.5) is 10.5 Å². The number of ether oxygens (including phenoxy) is 1. The number of amides is 4. The molecule has 0 atom stereocenters. The lowest BCUT2D eigenvalue weighted by molar-refractivity contribution is -0.122. The van der Waals surface area contributed by atoms with Gasteiger partial charge in [-0.05, 0) is 105 Å². The number of carbonyl (C=O) groups excluding carboxylic acids is 3. The maximum atomic E-state index is 13.4. The molecule has 0 bridgehead atoms. The number of carbonyl (C=O) groups is 3. The fourth-order valence-electron chi connectivity index (χ4n) is 4.95. The van der Waals surface area contributed by atoms with Crippen LogP contribution in [0.5, 0.6) is 5.75 Å². The van der Waals surface area contributed by atoms with E-state index in [-0.39, 0.29) is 5.57 Å². The van der Waals surface area contributed by atoms with Crippen molar-refractivity contribution >= 4 is 52.8 Å². The number of nitrogens with zero attached hydrogens (tertiary/aromatic N) is 2. The Morgan fingerprint density at radius 1 is 0.829 bits per heavy atom. The molecule has 0 unspecified atom stereocenters. The minimum absolute atomic E-state index is 0.117. The van der Waals surface area contributed by atoms with E-state index >= 15 is 0 Å². The number of benzene rings is 3. The summed E-state index contributed by atoms with van der Waals surface area (Å²) in [6, 6.07) is 19.4. The molecular weight excluding hydrogens is 561 g/mol. The van der Waals surface area contributed by atoms with Crippen molar-refractivity contribution in [3.8, 4) is 11.4 Å². The molecule has 1 fully saturated rings. The average Bonchev–Trinajstić information content (AvgIpc) is 3.18. The molecule has 7 nitrogen and oxygen atoms in total. The van der Waals surface area contributed by atoms with Crippen LogP contribution in [0.1, 0.15) is 33.6 Å². The molecule has 4 amide bonds. The first-order chi connectivity index (χ1) is 19.5. The molecule has 208 valence electrons. The Morgan fingerprint density at radius 3 is 2.17 bits per heavy atom. The number of aromatic nitrogens is 1. The van der Waals surface area contributed by atoms with Gasteiger partial charge in [-0.15, -0.1) is 0 Å². The zero-order chi connectivity index (χ0) is 29.4. The van der Waals surface area contributed by atoms with Gasteiger partial charge in [0.1, 0.15) is 17.9 Å². The summed E-state index contributed by atoms with van der Waals surface area (Å²) in [5, 5.41) is 3.41. The zero-order valence-electron chi connectivity index (χ0n) is 22.9. The Kier molecular flexibility index (Phi) is 7.76. The van der Waals surface area contributed by atoms with Crippen LogP contribution in [0.2, 0.25) is 10.0 Å². The fourth-order valence-corrected chi connectivity index (χ4v) is 5.41. The van der Waals surface area contributed by atoms with Crippen molar-refractivity contribution in [1.29, 1.82) is 0 Å². The molecule has 1 aliphatic heterocycles. The van der Waals surface area contributed by atoms with E-state index in [2.05, 4.69) is 5.32 Å². The third kappa shape index (κ3) is 5.78. The van der Waals surface area contributed by atoms with Crippen molar-refractivity contribution in [3.63, 3.8) is 0 Å². The average molecular weight is 588 g/mol. The highest BCUT2D eigenvalue weighted by molar-refractivity contribution is 6.39. The highest BCUT2D eigenvalue weighted by Crippen LogP contribution is 2.28. The molecule has 1 aromatic heterocycles. The van der Waals surface area contributed by atoms with Gasteiger partial charge in [0.25, 0.3) is 11.8 Å². The number of halogens is 2. The van der Waals surface area contributed by atoms with Gasteiger partial charge in [0.15, 0.2) is 0 Å². The van der Waals surface area contributed by atoms with Crippen molar-refractivity contribution < 1.29 is 19.1 Å². The lowest BCUT2D eigenvalue weighted by Gasteiger charge is -2.27. The molecule has 1 aliphatic rings. The summed E-state index contributed by atoms with van der Waals surface area (Å²) in [5.74, 6) is -0.728. The topological polar surface area (TPSA) is 80.6 Å². The Bertz CT molecular complexity index is 1720. The van der Waals surface area contributed by atoms with E-state index in [1.165, 1.54) is 6.08 Å². The fraction of sp³-hybridized carbons (Fsp3) is 0.156. The molecule has 3 aromatic carbocycles. The number of nitrogens with one attached hydrogen (secondary N) is 1. The van der Waals surface area contributed by atoms with Crippen molar-refractivity contribution in [2.75, 3.05) is 4.90 Å². The van der Waals surface area contributed by atoms with Crippen LogP contribution in [0.25, 0.3) is 11.8 Å². The number of hydrogen-bond donors (Lipinski definition) is 1. The Balaban J connectivity index is 1.40. The van der Waals surface area contributed by atoms with Crippen LogP contribution in [-0.2, 0) is 16.2 Å². The molecule has 0 saturated carbocycles. The van der Waals surface area contributed by atoms with E-state index in [0.717, 1.165) is 38.7 Å². The van der Waals surface area contributed by atoms with Crippen molar-refractivity contribution in [2.24, 2.45) is 0 Å². The monoisotopic (exact) mass is 587 g/mol.